The lowest BCUT2D eigenvalue weighted by Gasteiger charge is -2.25. The summed E-state index contributed by atoms with van der Waals surface area (Å²) >= 11 is 0. The van der Waals surface area contributed by atoms with Gasteiger partial charge >= 0.3 is 0 Å². The number of hydrogen-bond acceptors (Lipinski definition) is 2. The van der Waals surface area contributed by atoms with Crippen LogP contribution in [0.2, 0.25) is 0 Å². The third kappa shape index (κ3) is 5.10. The summed E-state index contributed by atoms with van der Waals surface area (Å²) in [7, 11) is 3.37. The largest absolute Gasteiger partial charge is 0.359 e. The quantitative estimate of drug-likeness (QED) is 0.571. The fourth-order valence-corrected chi connectivity index (χ4v) is 1.95. The Balaban J connectivity index is 2.59. The van der Waals surface area contributed by atoms with E-state index in [1.807, 2.05) is 32.0 Å². The molecule has 5 nitrogen and oxygen atoms in total. The van der Waals surface area contributed by atoms with E-state index >= 15 is 0 Å². The molecule has 5 heteroatoms. The van der Waals surface area contributed by atoms with Crippen LogP contribution >= 0.6 is 0 Å². The van der Waals surface area contributed by atoms with Gasteiger partial charge in [-0.2, -0.15) is 0 Å². The monoisotopic (exact) mass is 290 g/mol. The normalized spacial score (nSPS) is 13.5. The van der Waals surface area contributed by atoms with Crippen LogP contribution in [0, 0.1) is 5.41 Å². The van der Waals surface area contributed by atoms with Crippen LogP contribution in [0.3, 0.4) is 0 Å². The van der Waals surface area contributed by atoms with E-state index in [0.29, 0.717) is 12.5 Å². The van der Waals surface area contributed by atoms with Crippen molar-refractivity contribution in [1.82, 2.24) is 16.0 Å². The number of aliphatic imine (C=N–C) groups is 1. The third-order valence-corrected chi connectivity index (χ3v) is 3.42. The van der Waals surface area contributed by atoms with Gasteiger partial charge in [0.15, 0.2) is 5.96 Å². The van der Waals surface area contributed by atoms with Crippen LogP contribution in [0.1, 0.15) is 32.4 Å². The summed E-state index contributed by atoms with van der Waals surface area (Å²) in [5.41, 5.74) is 0.688. The zero-order valence-corrected chi connectivity index (χ0v) is 13.5. The van der Waals surface area contributed by atoms with Gasteiger partial charge in [0.1, 0.15) is 0 Å². The highest BCUT2D eigenvalue weighted by atomic mass is 16.2. The van der Waals surface area contributed by atoms with Crippen molar-refractivity contribution in [2.45, 2.75) is 26.8 Å². The molecule has 1 amide bonds. The van der Waals surface area contributed by atoms with Gasteiger partial charge in [0.25, 0.3) is 0 Å². The molecule has 0 aliphatic rings. The van der Waals surface area contributed by atoms with Gasteiger partial charge in [-0.25, -0.2) is 0 Å². The fraction of sp³-hybridized carbons (Fsp3) is 0.500. The van der Waals surface area contributed by atoms with Gasteiger partial charge in [0.05, 0.1) is 11.5 Å². The molecular weight excluding hydrogens is 264 g/mol. The molecule has 0 saturated carbocycles. The van der Waals surface area contributed by atoms with Crippen molar-refractivity contribution in [3.8, 4) is 0 Å². The van der Waals surface area contributed by atoms with E-state index in [2.05, 4.69) is 40.0 Å². The molecule has 3 N–H and O–H groups in total. The Morgan fingerprint density at radius 1 is 1.29 bits per heavy atom. The molecule has 0 bridgehead atoms. The number of carbonyl (C=O) groups is 1. The molecule has 0 aromatic heterocycles. The van der Waals surface area contributed by atoms with Crippen molar-refractivity contribution < 1.29 is 4.79 Å². The SMILES string of the molecule is CN=C(NCC(C)(C)C(=O)NC)NC(C)c1ccccc1. The number of carbonyl (C=O) groups excluding carboxylic acids is 1. The van der Waals surface area contributed by atoms with Crippen molar-refractivity contribution in [3.63, 3.8) is 0 Å². The molecule has 0 radical (unpaired) electrons. The lowest BCUT2D eigenvalue weighted by Crippen LogP contribution is -2.47. The van der Waals surface area contributed by atoms with Crippen LogP contribution in [0.4, 0.5) is 0 Å². The molecule has 21 heavy (non-hydrogen) atoms. The van der Waals surface area contributed by atoms with Gasteiger partial charge < -0.3 is 16.0 Å². The minimum absolute atomic E-state index is 0.00145. The highest BCUT2D eigenvalue weighted by molar-refractivity contribution is 5.84. The van der Waals surface area contributed by atoms with Gasteiger partial charge in [-0.3, -0.25) is 9.79 Å². The Kier molecular flexibility index (Phi) is 6.21. The molecule has 1 rings (SSSR count). The lowest BCUT2D eigenvalue weighted by molar-refractivity contribution is -0.128. The molecule has 0 aliphatic carbocycles. The Morgan fingerprint density at radius 3 is 2.43 bits per heavy atom. The van der Waals surface area contributed by atoms with Crippen LogP contribution in [-0.2, 0) is 4.79 Å². The van der Waals surface area contributed by atoms with Gasteiger partial charge in [0.2, 0.25) is 5.91 Å². The van der Waals surface area contributed by atoms with Crippen molar-refractivity contribution in [2.24, 2.45) is 10.4 Å². The van der Waals surface area contributed by atoms with Gasteiger partial charge in [-0.1, -0.05) is 30.3 Å². The highest BCUT2D eigenvalue weighted by Crippen LogP contribution is 2.14. The summed E-state index contributed by atoms with van der Waals surface area (Å²) < 4.78 is 0. The molecular formula is C16H26N4O. The predicted octanol–water partition coefficient (Wildman–Crippen LogP) is 1.68. The number of amides is 1. The third-order valence-electron chi connectivity index (χ3n) is 3.42. The first kappa shape index (κ1) is 17.0. The number of nitrogens with zero attached hydrogens (tertiary/aromatic N) is 1. The van der Waals surface area contributed by atoms with Crippen LogP contribution < -0.4 is 16.0 Å². The van der Waals surface area contributed by atoms with Crippen LogP contribution in [0.15, 0.2) is 35.3 Å². The van der Waals surface area contributed by atoms with Crippen LogP contribution in [-0.4, -0.2) is 32.5 Å². The summed E-state index contributed by atoms with van der Waals surface area (Å²) in [6, 6.07) is 10.3. The summed E-state index contributed by atoms with van der Waals surface area (Å²) in [6.45, 7) is 6.37. The maximum Gasteiger partial charge on any atom is 0.227 e. The van der Waals surface area contributed by atoms with Crippen LogP contribution in [0.25, 0.3) is 0 Å². The molecule has 1 aromatic carbocycles. The van der Waals surface area contributed by atoms with Crippen molar-refractivity contribution >= 4 is 11.9 Å². The van der Waals surface area contributed by atoms with E-state index in [1.165, 1.54) is 5.56 Å². The number of guanidine groups is 1. The zero-order valence-electron chi connectivity index (χ0n) is 13.5. The Labute approximate surface area is 127 Å². The first-order chi connectivity index (χ1) is 9.90. The molecule has 1 unspecified atom stereocenters. The van der Waals surface area contributed by atoms with Gasteiger partial charge in [0, 0.05) is 20.6 Å². The van der Waals surface area contributed by atoms with Gasteiger partial charge in [-0.05, 0) is 26.3 Å². The van der Waals surface area contributed by atoms with Gasteiger partial charge in [-0.15, -0.1) is 0 Å². The minimum atomic E-state index is -0.498. The van der Waals surface area contributed by atoms with E-state index in [9.17, 15) is 4.79 Å². The smallest absolute Gasteiger partial charge is 0.227 e. The molecule has 1 atom stereocenters. The van der Waals surface area contributed by atoms with E-state index in [1.54, 1.807) is 14.1 Å². The first-order valence-corrected chi connectivity index (χ1v) is 7.15. The fourth-order valence-electron chi connectivity index (χ4n) is 1.95. The second-order valence-electron chi connectivity index (χ2n) is 5.67. The minimum Gasteiger partial charge on any atom is -0.359 e. The molecule has 116 valence electrons. The molecule has 1 aromatic rings. The lowest BCUT2D eigenvalue weighted by atomic mass is 9.92. The molecule has 0 heterocycles. The number of hydrogen-bond donors (Lipinski definition) is 3. The first-order valence-electron chi connectivity index (χ1n) is 7.15. The topological polar surface area (TPSA) is 65.5 Å². The Hall–Kier alpha value is -2.04. The van der Waals surface area contributed by atoms with Crippen LogP contribution in [0.5, 0.6) is 0 Å². The summed E-state index contributed by atoms with van der Waals surface area (Å²) in [6.07, 6.45) is 0. The second kappa shape index (κ2) is 7.67. The summed E-state index contributed by atoms with van der Waals surface area (Å²) in [4.78, 5) is 16.0. The second-order valence-corrected chi connectivity index (χ2v) is 5.67. The Morgan fingerprint density at radius 2 is 1.90 bits per heavy atom. The average molecular weight is 290 g/mol. The standard InChI is InChI=1S/C16H26N4O/c1-12(13-9-7-6-8-10-13)20-15(18-5)19-11-16(2,3)14(21)17-4/h6-10,12H,11H2,1-5H3,(H,17,21)(H2,18,19,20). The van der Waals surface area contributed by atoms with Crippen molar-refractivity contribution in [1.29, 1.82) is 0 Å². The number of nitrogens with one attached hydrogen (secondary N) is 3. The average Bonchev–Trinajstić information content (AvgIpc) is 2.51. The van der Waals surface area contributed by atoms with E-state index in [0.717, 1.165) is 0 Å². The van der Waals surface area contributed by atoms with E-state index in [4.69, 9.17) is 0 Å². The van der Waals surface area contributed by atoms with Crippen molar-refractivity contribution in [3.05, 3.63) is 35.9 Å². The van der Waals surface area contributed by atoms with E-state index in [-0.39, 0.29) is 11.9 Å². The summed E-state index contributed by atoms with van der Waals surface area (Å²) in [5, 5.41) is 9.20. The highest BCUT2D eigenvalue weighted by Gasteiger charge is 2.26. The van der Waals surface area contributed by atoms with Crippen molar-refractivity contribution in [2.75, 3.05) is 20.6 Å². The maximum absolute atomic E-state index is 11.8. The molecule has 0 aliphatic heterocycles. The number of rotatable bonds is 5. The molecule has 0 fully saturated rings. The zero-order chi connectivity index (χ0) is 15.9. The predicted molar refractivity (Wildman–Crippen MR) is 87.2 cm³/mol. The number of benzene rings is 1. The maximum atomic E-state index is 11.8. The molecule has 0 saturated heterocycles. The van der Waals surface area contributed by atoms with E-state index < -0.39 is 5.41 Å². The summed E-state index contributed by atoms with van der Waals surface area (Å²) in [5.74, 6) is 0.685. The molecule has 0 spiro atoms. The Bertz CT molecular complexity index is 482.